The van der Waals surface area contributed by atoms with E-state index in [2.05, 4.69) is 16.5 Å². The highest BCUT2D eigenvalue weighted by Gasteiger charge is 2.42. The first-order valence-electron chi connectivity index (χ1n) is 7.11. The molecule has 3 rings (SSSR count). The van der Waals surface area contributed by atoms with Crippen LogP contribution in [0.4, 0.5) is 11.6 Å². The second-order valence-corrected chi connectivity index (χ2v) is 8.43. The van der Waals surface area contributed by atoms with Gasteiger partial charge in [0.05, 0.1) is 17.0 Å². The average molecular weight is 309 g/mol. The quantitative estimate of drug-likeness (QED) is 0.855. The van der Waals surface area contributed by atoms with E-state index in [4.69, 9.17) is 5.73 Å². The fourth-order valence-corrected chi connectivity index (χ4v) is 5.07. The van der Waals surface area contributed by atoms with Crippen LogP contribution in [0.25, 0.3) is 0 Å². The van der Waals surface area contributed by atoms with Crippen LogP contribution in [0.15, 0.2) is 0 Å². The summed E-state index contributed by atoms with van der Waals surface area (Å²) in [4.78, 5) is 0. The summed E-state index contributed by atoms with van der Waals surface area (Å²) in [7, 11) is -3.07. The third-order valence-corrected chi connectivity index (χ3v) is 6.36. The molecule has 7 nitrogen and oxygen atoms in total. The van der Waals surface area contributed by atoms with Crippen molar-refractivity contribution >= 4 is 21.5 Å². The molecule has 2 fully saturated rings. The van der Waals surface area contributed by atoms with Gasteiger partial charge in [0, 0.05) is 6.04 Å². The minimum Gasteiger partial charge on any atom is -0.383 e. The van der Waals surface area contributed by atoms with E-state index >= 15 is 0 Å². The number of hydrogen-bond acceptors (Lipinski definition) is 6. The molecule has 114 valence electrons. The van der Waals surface area contributed by atoms with E-state index in [1.165, 1.54) is 11.1 Å². The van der Waals surface area contributed by atoms with Crippen molar-refractivity contribution in [1.29, 1.82) is 5.26 Å². The number of nitrogens with one attached hydrogen (secondary N) is 1. The second-order valence-electron chi connectivity index (χ2n) is 6.24. The van der Waals surface area contributed by atoms with Gasteiger partial charge in [-0.15, -0.1) is 0 Å². The van der Waals surface area contributed by atoms with Crippen LogP contribution in [0.1, 0.15) is 38.2 Å². The number of nitriles is 1. The number of rotatable bonds is 3. The fraction of sp³-hybridized carbons (Fsp3) is 0.692. The number of nitrogens with two attached hydrogens (primary N) is 1. The fourth-order valence-electron chi connectivity index (χ4n) is 2.96. The van der Waals surface area contributed by atoms with Gasteiger partial charge in [-0.05, 0) is 32.6 Å². The molecule has 1 unspecified atom stereocenters. The zero-order chi connectivity index (χ0) is 15.3. The molecule has 0 spiro atoms. The number of anilines is 2. The number of nitrogens with zero attached hydrogens (tertiary/aromatic N) is 3. The summed E-state index contributed by atoms with van der Waals surface area (Å²) in [5, 5.41) is 17.0. The third kappa shape index (κ3) is 2.35. The van der Waals surface area contributed by atoms with E-state index < -0.39 is 15.4 Å². The number of sulfone groups is 1. The lowest BCUT2D eigenvalue weighted by molar-refractivity contribution is 0.334. The topological polar surface area (TPSA) is 114 Å². The molecule has 0 aromatic carbocycles. The summed E-state index contributed by atoms with van der Waals surface area (Å²) in [6, 6.07) is 2.41. The lowest BCUT2D eigenvalue weighted by atomic mass is 9.93. The summed E-state index contributed by atoms with van der Waals surface area (Å²) in [5.74, 6) is 0.875. The van der Waals surface area contributed by atoms with Gasteiger partial charge in [-0.1, -0.05) is 0 Å². The molecule has 21 heavy (non-hydrogen) atoms. The van der Waals surface area contributed by atoms with Crippen LogP contribution >= 0.6 is 0 Å². The smallest absolute Gasteiger partial charge is 0.168 e. The summed E-state index contributed by atoms with van der Waals surface area (Å²) < 4.78 is 25.1. The molecular weight excluding hydrogens is 290 g/mol. The first-order valence-corrected chi connectivity index (χ1v) is 8.93. The maximum absolute atomic E-state index is 11.8. The molecule has 2 aliphatic rings. The monoisotopic (exact) mass is 309 g/mol. The predicted octanol–water partition coefficient (Wildman–Crippen LogP) is 0.835. The minimum atomic E-state index is -3.07. The molecule has 0 bridgehead atoms. The van der Waals surface area contributed by atoms with Crippen molar-refractivity contribution < 1.29 is 8.42 Å². The van der Waals surface area contributed by atoms with Crippen molar-refractivity contribution in [3.05, 3.63) is 5.56 Å². The van der Waals surface area contributed by atoms with Crippen LogP contribution in [-0.4, -0.2) is 35.7 Å². The highest BCUT2D eigenvalue weighted by Crippen LogP contribution is 2.36. The number of aromatic nitrogens is 2. The first kappa shape index (κ1) is 14.2. The zero-order valence-electron chi connectivity index (χ0n) is 12.0. The van der Waals surface area contributed by atoms with Crippen molar-refractivity contribution in [2.24, 2.45) is 0 Å². The Balaban J connectivity index is 1.98. The molecule has 1 aromatic heterocycles. The van der Waals surface area contributed by atoms with Crippen LogP contribution in [0.5, 0.6) is 0 Å². The Hall–Kier alpha value is -1.75. The molecule has 8 heteroatoms. The van der Waals surface area contributed by atoms with E-state index in [1.54, 1.807) is 0 Å². The Labute approximate surface area is 124 Å². The maximum Gasteiger partial charge on any atom is 0.168 e. The van der Waals surface area contributed by atoms with Crippen molar-refractivity contribution in [2.75, 3.05) is 22.6 Å². The molecule has 2 heterocycles. The third-order valence-electron chi connectivity index (χ3n) is 4.47. The van der Waals surface area contributed by atoms with Gasteiger partial charge in [0.2, 0.25) is 0 Å². The molecule has 1 aromatic rings. The van der Waals surface area contributed by atoms with Crippen molar-refractivity contribution in [3.8, 4) is 6.07 Å². The van der Waals surface area contributed by atoms with Crippen molar-refractivity contribution in [3.63, 3.8) is 0 Å². The standard InChI is InChI=1S/C13H19N5O2S/c1-13(5-6-21(19,20)8-13)18-11(15)10(7-14)12(17-18)16-9-3-2-4-9/h9H,2-6,8,15H2,1H3,(H,16,17). The SMILES string of the molecule is CC1(n2nc(NC3CCC3)c(C#N)c2N)CCS(=O)(=O)C1. The summed E-state index contributed by atoms with van der Waals surface area (Å²) >= 11 is 0. The average Bonchev–Trinajstić information content (AvgIpc) is 2.82. The van der Waals surface area contributed by atoms with Gasteiger partial charge in [-0.25, -0.2) is 13.1 Å². The lowest BCUT2D eigenvalue weighted by Crippen LogP contribution is -2.34. The zero-order valence-corrected chi connectivity index (χ0v) is 12.8. The van der Waals surface area contributed by atoms with Crippen LogP contribution in [-0.2, 0) is 15.4 Å². The van der Waals surface area contributed by atoms with Gasteiger partial charge in [-0.2, -0.15) is 10.4 Å². The largest absolute Gasteiger partial charge is 0.383 e. The predicted molar refractivity (Wildman–Crippen MR) is 79.5 cm³/mol. The Morgan fingerprint density at radius 1 is 1.52 bits per heavy atom. The summed E-state index contributed by atoms with van der Waals surface area (Å²) in [5.41, 5.74) is 5.69. The van der Waals surface area contributed by atoms with Gasteiger partial charge < -0.3 is 11.1 Å². The molecule has 0 amide bonds. The number of hydrogen-bond donors (Lipinski definition) is 2. The van der Waals surface area contributed by atoms with Gasteiger partial charge in [-0.3, -0.25) is 0 Å². The molecule has 1 saturated carbocycles. The highest BCUT2D eigenvalue weighted by molar-refractivity contribution is 7.91. The van der Waals surface area contributed by atoms with E-state index in [0.29, 0.717) is 23.8 Å². The molecule has 3 N–H and O–H groups in total. The Bertz CT molecular complexity index is 714. The molecule has 0 radical (unpaired) electrons. The molecule has 1 aliphatic carbocycles. The molecule has 1 saturated heterocycles. The van der Waals surface area contributed by atoms with Gasteiger partial charge in [0.15, 0.2) is 15.7 Å². The maximum atomic E-state index is 11.8. The van der Waals surface area contributed by atoms with Crippen LogP contribution in [0.2, 0.25) is 0 Å². The van der Waals surface area contributed by atoms with E-state index in [1.807, 2.05) is 6.92 Å². The van der Waals surface area contributed by atoms with Crippen LogP contribution < -0.4 is 11.1 Å². The van der Waals surface area contributed by atoms with Gasteiger partial charge in [0.1, 0.15) is 17.5 Å². The Morgan fingerprint density at radius 2 is 2.24 bits per heavy atom. The summed E-state index contributed by atoms with van der Waals surface area (Å²) in [6.45, 7) is 1.83. The van der Waals surface area contributed by atoms with E-state index in [0.717, 1.165) is 12.8 Å². The first-order chi connectivity index (χ1) is 9.85. The van der Waals surface area contributed by atoms with Gasteiger partial charge >= 0.3 is 0 Å². The molecular formula is C13H19N5O2S. The Kier molecular flexibility index (Phi) is 3.13. The number of nitrogen functional groups attached to an aromatic ring is 1. The van der Waals surface area contributed by atoms with Crippen LogP contribution in [0.3, 0.4) is 0 Å². The van der Waals surface area contributed by atoms with E-state index in [-0.39, 0.29) is 17.3 Å². The van der Waals surface area contributed by atoms with Crippen molar-refractivity contribution in [2.45, 2.75) is 44.2 Å². The van der Waals surface area contributed by atoms with Crippen LogP contribution in [0, 0.1) is 11.3 Å². The van der Waals surface area contributed by atoms with E-state index in [9.17, 15) is 13.7 Å². The second kappa shape index (κ2) is 4.63. The molecule has 1 atom stereocenters. The molecule has 1 aliphatic heterocycles. The summed E-state index contributed by atoms with van der Waals surface area (Å²) in [6.07, 6.45) is 3.76. The van der Waals surface area contributed by atoms with Gasteiger partial charge in [0.25, 0.3) is 0 Å². The normalized spacial score (nSPS) is 28.0. The Morgan fingerprint density at radius 3 is 2.71 bits per heavy atom. The minimum absolute atomic E-state index is 0.0135. The van der Waals surface area contributed by atoms with Crippen molar-refractivity contribution in [1.82, 2.24) is 9.78 Å². The highest BCUT2D eigenvalue weighted by atomic mass is 32.2. The lowest BCUT2D eigenvalue weighted by Gasteiger charge is -2.26.